The Morgan fingerprint density at radius 2 is 1.79 bits per heavy atom. The Balaban J connectivity index is 3.24. The Hall–Kier alpha value is -1.10. The summed E-state index contributed by atoms with van der Waals surface area (Å²) >= 11 is 5.16. The number of ketones is 1. The maximum absolute atomic E-state index is 12.9. The van der Waals surface area contributed by atoms with Crippen LogP contribution in [0.5, 0.6) is 0 Å². The summed E-state index contributed by atoms with van der Waals surface area (Å²) in [6.07, 6.45) is -3.37. The van der Waals surface area contributed by atoms with E-state index in [1.807, 2.05) is 0 Å². The van der Waals surface area contributed by atoms with E-state index in [1.165, 1.54) is 0 Å². The molecule has 14 heavy (non-hydrogen) atoms. The Bertz CT molecular complexity index is 378. The maximum Gasteiger partial charge on any atom is 0.300 e. The van der Waals surface area contributed by atoms with E-state index in [0.29, 0.717) is 0 Å². The van der Waals surface area contributed by atoms with E-state index in [9.17, 15) is 22.4 Å². The van der Waals surface area contributed by atoms with Crippen LogP contribution in [0, 0.1) is 11.6 Å². The van der Waals surface area contributed by atoms with Crippen molar-refractivity contribution in [2.24, 2.45) is 0 Å². The third kappa shape index (κ3) is 1.87. The molecule has 1 aromatic rings. The molecule has 0 amide bonds. The van der Waals surface area contributed by atoms with Crippen molar-refractivity contribution in [3.05, 3.63) is 34.4 Å². The molecule has 0 saturated carbocycles. The van der Waals surface area contributed by atoms with Crippen LogP contribution in [0.3, 0.4) is 0 Å². The third-order valence-electron chi connectivity index (χ3n) is 1.50. The van der Waals surface area contributed by atoms with Gasteiger partial charge in [-0.05, 0) is 12.1 Å². The topological polar surface area (TPSA) is 17.1 Å². The van der Waals surface area contributed by atoms with Crippen molar-refractivity contribution in [2.75, 3.05) is 0 Å². The van der Waals surface area contributed by atoms with Crippen LogP contribution in [0.2, 0.25) is 5.02 Å². The summed E-state index contributed by atoms with van der Waals surface area (Å²) in [5.74, 6) is -4.92. The number of benzene rings is 1. The zero-order chi connectivity index (χ0) is 10.9. The van der Waals surface area contributed by atoms with Crippen LogP contribution >= 0.6 is 11.6 Å². The van der Waals surface area contributed by atoms with Crippen LogP contribution in [-0.4, -0.2) is 12.2 Å². The molecule has 0 radical (unpaired) electrons. The largest absolute Gasteiger partial charge is 0.300 e. The monoisotopic (exact) mass is 226 g/mol. The molecule has 1 rings (SSSR count). The standard InChI is InChI=1S/C8H3ClF4O/c9-4-2-1-3(5(10)6(4)11)7(14)8(12)13/h1-2,8H. The summed E-state index contributed by atoms with van der Waals surface area (Å²) < 4.78 is 49.3. The summed E-state index contributed by atoms with van der Waals surface area (Å²) in [6, 6.07) is 1.56. The zero-order valence-corrected chi connectivity index (χ0v) is 7.29. The molecular formula is C8H3ClF4O. The van der Waals surface area contributed by atoms with Gasteiger partial charge in [0, 0.05) is 0 Å². The summed E-state index contributed by atoms with van der Waals surface area (Å²) in [4.78, 5) is 10.6. The Morgan fingerprint density at radius 3 is 2.29 bits per heavy atom. The predicted octanol–water partition coefficient (Wildman–Crippen LogP) is 3.07. The first-order chi connectivity index (χ1) is 6.45. The average molecular weight is 227 g/mol. The number of Topliss-reactive ketones (excluding diaryl/α,β-unsaturated/α-hetero) is 1. The van der Waals surface area contributed by atoms with Gasteiger partial charge >= 0.3 is 6.43 Å². The maximum atomic E-state index is 12.9. The molecule has 0 spiro atoms. The Morgan fingerprint density at radius 1 is 1.21 bits per heavy atom. The summed E-state index contributed by atoms with van der Waals surface area (Å²) in [6.45, 7) is 0. The van der Waals surface area contributed by atoms with Crippen LogP contribution in [0.15, 0.2) is 12.1 Å². The lowest BCUT2D eigenvalue weighted by atomic mass is 10.1. The molecule has 0 heterocycles. The van der Waals surface area contributed by atoms with Crippen LogP contribution < -0.4 is 0 Å². The molecular weight excluding hydrogens is 224 g/mol. The molecule has 1 nitrogen and oxygen atoms in total. The van der Waals surface area contributed by atoms with E-state index < -0.39 is 34.4 Å². The molecule has 0 saturated heterocycles. The molecule has 0 atom stereocenters. The second kappa shape index (κ2) is 3.96. The summed E-state index contributed by atoms with van der Waals surface area (Å²) in [5, 5.41) is -0.562. The molecule has 0 aliphatic rings. The summed E-state index contributed by atoms with van der Waals surface area (Å²) in [5.41, 5.74) is -0.998. The average Bonchev–Trinajstić information content (AvgIpc) is 2.13. The number of halogens is 5. The molecule has 1 aromatic carbocycles. The van der Waals surface area contributed by atoms with Gasteiger partial charge in [0.05, 0.1) is 10.6 Å². The first-order valence-electron chi connectivity index (χ1n) is 3.41. The van der Waals surface area contributed by atoms with Crippen molar-refractivity contribution in [3.63, 3.8) is 0 Å². The van der Waals surface area contributed by atoms with Crippen molar-refractivity contribution in [2.45, 2.75) is 6.43 Å². The van der Waals surface area contributed by atoms with E-state index in [2.05, 4.69) is 0 Å². The van der Waals surface area contributed by atoms with Gasteiger partial charge in [-0.15, -0.1) is 0 Å². The van der Waals surface area contributed by atoms with Gasteiger partial charge in [-0.2, -0.15) is 0 Å². The van der Waals surface area contributed by atoms with E-state index >= 15 is 0 Å². The minimum absolute atomic E-state index is 0.562. The molecule has 0 bridgehead atoms. The van der Waals surface area contributed by atoms with E-state index in [0.717, 1.165) is 12.1 Å². The zero-order valence-electron chi connectivity index (χ0n) is 6.53. The molecule has 0 fully saturated rings. The van der Waals surface area contributed by atoms with Gasteiger partial charge in [-0.25, -0.2) is 17.6 Å². The van der Waals surface area contributed by atoms with Crippen LogP contribution in [0.25, 0.3) is 0 Å². The first kappa shape index (κ1) is 11.0. The van der Waals surface area contributed by atoms with Crippen molar-refractivity contribution >= 4 is 17.4 Å². The van der Waals surface area contributed by atoms with Gasteiger partial charge in [0.25, 0.3) is 0 Å². The smallest absolute Gasteiger partial charge is 0.288 e. The highest BCUT2D eigenvalue weighted by Gasteiger charge is 2.24. The predicted molar refractivity (Wildman–Crippen MR) is 41.7 cm³/mol. The van der Waals surface area contributed by atoms with Crippen LogP contribution in [-0.2, 0) is 0 Å². The van der Waals surface area contributed by atoms with Crippen molar-refractivity contribution in [1.29, 1.82) is 0 Å². The van der Waals surface area contributed by atoms with E-state index in [1.54, 1.807) is 0 Å². The molecule has 0 aromatic heterocycles. The van der Waals surface area contributed by atoms with Crippen LogP contribution in [0.4, 0.5) is 17.6 Å². The number of hydrogen-bond donors (Lipinski definition) is 0. The highest BCUT2D eigenvalue weighted by Crippen LogP contribution is 2.22. The minimum Gasteiger partial charge on any atom is -0.288 e. The Labute approximate surface area is 81.3 Å². The van der Waals surface area contributed by atoms with Gasteiger partial charge in [-0.1, -0.05) is 11.6 Å². The normalized spacial score (nSPS) is 10.7. The lowest BCUT2D eigenvalue weighted by Crippen LogP contribution is -2.13. The molecule has 0 aliphatic carbocycles. The fourth-order valence-corrected chi connectivity index (χ4v) is 0.980. The molecule has 6 heteroatoms. The third-order valence-corrected chi connectivity index (χ3v) is 1.79. The molecule has 0 N–H and O–H groups in total. The highest BCUT2D eigenvalue weighted by molar-refractivity contribution is 6.30. The second-order valence-electron chi connectivity index (χ2n) is 2.39. The first-order valence-corrected chi connectivity index (χ1v) is 3.78. The van der Waals surface area contributed by atoms with E-state index in [4.69, 9.17) is 11.6 Å². The highest BCUT2D eigenvalue weighted by atomic mass is 35.5. The van der Waals surface area contributed by atoms with Gasteiger partial charge in [0.15, 0.2) is 11.6 Å². The van der Waals surface area contributed by atoms with Crippen molar-refractivity contribution < 1.29 is 22.4 Å². The van der Waals surface area contributed by atoms with Crippen LogP contribution in [0.1, 0.15) is 10.4 Å². The Kier molecular flexibility index (Phi) is 3.10. The molecule has 0 aliphatic heterocycles. The minimum atomic E-state index is -3.37. The quantitative estimate of drug-likeness (QED) is 0.430. The van der Waals surface area contributed by atoms with Gasteiger partial charge in [-0.3, -0.25) is 4.79 Å². The van der Waals surface area contributed by atoms with Crippen molar-refractivity contribution in [3.8, 4) is 0 Å². The second-order valence-corrected chi connectivity index (χ2v) is 2.80. The fourth-order valence-electron chi connectivity index (χ4n) is 0.834. The molecule has 0 unspecified atom stereocenters. The number of alkyl halides is 2. The van der Waals surface area contributed by atoms with Gasteiger partial charge < -0.3 is 0 Å². The molecule has 76 valence electrons. The number of hydrogen-bond acceptors (Lipinski definition) is 1. The fraction of sp³-hybridized carbons (Fsp3) is 0.125. The lowest BCUT2D eigenvalue weighted by molar-refractivity contribution is 0.0673. The van der Waals surface area contributed by atoms with Gasteiger partial charge in [0.2, 0.25) is 5.78 Å². The summed E-state index contributed by atoms with van der Waals surface area (Å²) in [7, 11) is 0. The van der Waals surface area contributed by atoms with Gasteiger partial charge in [0.1, 0.15) is 0 Å². The number of rotatable bonds is 2. The lowest BCUT2D eigenvalue weighted by Gasteiger charge is -2.02. The number of carbonyl (C=O) groups is 1. The SMILES string of the molecule is O=C(c1ccc(Cl)c(F)c1F)C(F)F. The van der Waals surface area contributed by atoms with Crippen molar-refractivity contribution in [1.82, 2.24) is 0 Å². The number of carbonyl (C=O) groups excluding carboxylic acids is 1. The van der Waals surface area contributed by atoms with E-state index in [-0.39, 0.29) is 0 Å².